The Kier molecular flexibility index (Phi) is 2.19. The van der Waals surface area contributed by atoms with Gasteiger partial charge in [-0.3, -0.25) is 0 Å². The van der Waals surface area contributed by atoms with E-state index in [0.29, 0.717) is 4.71 Å². The molecule has 1 aliphatic heterocycles. The van der Waals surface area contributed by atoms with Gasteiger partial charge in [0.15, 0.2) is 12.4 Å². The molecule has 1 aromatic heterocycles. The number of fused-ring (bicyclic) bond motifs is 1. The summed E-state index contributed by atoms with van der Waals surface area (Å²) in [7, 11) is 2.05. The molecule has 0 fully saturated rings. The molecule has 0 aliphatic carbocycles. The number of thioether (sulfide) groups is 2. The van der Waals surface area contributed by atoms with Crippen molar-refractivity contribution in [3.8, 4) is 0 Å². The van der Waals surface area contributed by atoms with Crippen molar-refractivity contribution in [1.82, 2.24) is 0 Å². The van der Waals surface area contributed by atoms with E-state index in [1.165, 1.54) is 10.6 Å². The number of hydrogen-bond donors (Lipinski definition) is 1. The SMILES string of the molecule is CSC1Nc2cc[n+](C)cc2S1. The molecule has 0 spiro atoms. The Morgan fingerprint density at radius 2 is 2.50 bits per heavy atom. The highest BCUT2D eigenvalue weighted by Crippen LogP contribution is 2.40. The Bertz CT molecular complexity index is 301. The van der Waals surface area contributed by atoms with Gasteiger partial charge in [0.2, 0.25) is 0 Å². The summed E-state index contributed by atoms with van der Waals surface area (Å²) in [4.78, 5) is 1.35. The minimum Gasteiger partial charge on any atom is -0.363 e. The highest BCUT2D eigenvalue weighted by Gasteiger charge is 2.22. The average molecular weight is 199 g/mol. The first-order chi connectivity index (χ1) is 5.79. The average Bonchev–Trinajstić information content (AvgIpc) is 2.46. The number of aryl methyl sites for hydroxylation is 1. The lowest BCUT2D eigenvalue weighted by Crippen LogP contribution is -2.26. The molecule has 12 heavy (non-hydrogen) atoms. The molecular weight excluding hydrogens is 188 g/mol. The van der Waals surface area contributed by atoms with Crippen LogP contribution in [-0.4, -0.2) is 11.0 Å². The normalized spacial score (nSPS) is 20.3. The summed E-state index contributed by atoms with van der Waals surface area (Å²) in [5.74, 6) is 0. The third-order valence-corrected chi connectivity index (χ3v) is 4.11. The van der Waals surface area contributed by atoms with Crippen LogP contribution in [0.1, 0.15) is 0 Å². The van der Waals surface area contributed by atoms with Crippen LogP contribution in [0.2, 0.25) is 0 Å². The molecule has 1 aliphatic rings. The summed E-state index contributed by atoms with van der Waals surface area (Å²) in [6.45, 7) is 0. The van der Waals surface area contributed by atoms with Crippen LogP contribution in [0.25, 0.3) is 0 Å². The first-order valence-electron chi connectivity index (χ1n) is 3.75. The summed E-state index contributed by atoms with van der Waals surface area (Å²) in [5, 5.41) is 3.42. The summed E-state index contributed by atoms with van der Waals surface area (Å²) in [6.07, 6.45) is 6.34. The van der Waals surface area contributed by atoms with Crippen LogP contribution in [0.3, 0.4) is 0 Å². The van der Waals surface area contributed by atoms with Crippen LogP contribution >= 0.6 is 23.5 Å². The van der Waals surface area contributed by atoms with Crippen LogP contribution in [0.15, 0.2) is 23.4 Å². The highest BCUT2D eigenvalue weighted by molar-refractivity contribution is 8.17. The van der Waals surface area contributed by atoms with E-state index in [9.17, 15) is 0 Å². The number of nitrogens with one attached hydrogen (secondary N) is 1. The lowest BCUT2D eigenvalue weighted by atomic mass is 10.4. The molecule has 64 valence electrons. The Morgan fingerprint density at radius 3 is 3.25 bits per heavy atom. The van der Waals surface area contributed by atoms with Gasteiger partial charge in [0, 0.05) is 6.07 Å². The second-order valence-electron chi connectivity index (χ2n) is 2.72. The van der Waals surface area contributed by atoms with Gasteiger partial charge in [0.1, 0.15) is 11.8 Å². The fraction of sp³-hybridized carbons (Fsp3) is 0.375. The number of rotatable bonds is 1. The van der Waals surface area contributed by atoms with Crippen molar-refractivity contribution in [3.63, 3.8) is 0 Å². The van der Waals surface area contributed by atoms with Crippen molar-refractivity contribution < 1.29 is 4.57 Å². The van der Waals surface area contributed by atoms with E-state index in [1.807, 2.05) is 30.6 Å². The molecule has 0 aromatic carbocycles. The predicted octanol–water partition coefficient (Wildman–Crippen LogP) is 1.68. The van der Waals surface area contributed by atoms with Crippen molar-refractivity contribution in [1.29, 1.82) is 0 Å². The molecule has 1 aromatic rings. The van der Waals surface area contributed by atoms with Gasteiger partial charge in [-0.2, -0.15) is 0 Å². The molecule has 1 atom stereocenters. The molecule has 0 saturated carbocycles. The van der Waals surface area contributed by atoms with Gasteiger partial charge < -0.3 is 5.32 Å². The lowest BCUT2D eigenvalue weighted by molar-refractivity contribution is -0.673. The van der Waals surface area contributed by atoms with E-state index in [0.717, 1.165) is 0 Å². The lowest BCUT2D eigenvalue weighted by Gasteiger charge is -2.03. The van der Waals surface area contributed by atoms with Crippen molar-refractivity contribution in [2.24, 2.45) is 7.05 Å². The maximum absolute atomic E-state index is 3.42. The van der Waals surface area contributed by atoms with Crippen molar-refractivity contribution >= 4 is 29.2 Å². The van der Waals surface area contributed by atoms with E-state index >= 15 is 0 Å². The van der Waals surface area contributed by atoms with Crippen LogP contribution < -0.4 is 9.88 Å². The molecule has 0 amide bonds. The Hall–Kier alpha value is -0.350. The van der Waals surface area contributed by atoms with Gasteiger partial charge in [-0.1, -0.05) is 11.8 Å². The number of pyridine rings is 1. The number of nitrogens with zero attached hydrogens (tertiary/aromatic N) is 1. The third kappa shape index (κ3) is 1.41. The van der Waals surface area contributed by atoms with Crippen LogP contribution in [0.4, 0.5) is 5.69 Å². The largest absolute Gasteiger partial charge is 0.363 e. The quantitative estimate of drug-likeness (QED) is 0.693. The molecule has 2 nitrogen and oxygen atoms in total. The van der Waals surface area contributed by atoms with Gasteiger partial charge in [-0.25, -0.2) is 4.57 Å². The van der Waals surface area contributed by atoms with Crippen LogP contribution in [0, 0.1) is 0 Å². The molecule has 2 rings (SSSR count). The summed E-state index contributed by atoms with van der Waals surface area (Å²) < 4.78 is 2.57. The number of anilines is 1. The van der Waals surface area contributed by atoms with Gasteiger partial charge >= 0.3 is 0 Å². The Morgan fingerprint density at radius 1 is 1.67 bits per heavy atom. The second kappa shape index (κ2) is 3.18. The monoisotopic (exact) mass is 199 g/mol. The molecule has 4 heteroatoms. The zero-order chi connectivity index (χ0) is 8.55. The van der Waals surface area contributed by atoms with E-state index < -0.39 is 0 Å². The summed E-state index contributed by atoms with van der Waals surface area (Å²) in [6, 6.07) is 2.12. The second-order valence-corrected chi connectivity index (χ2v) is 5.11. The molecule has 1 unspecified atom stereocenters. The predicted molar refractivity (Wildman–Crippen MR) is 54.4 cm³/mol. The van der Waals surface area contributed by atoms with Crippen LogP contribution in [0.5, 0.6) is 0 Å². The smallest absolute Gasteiger partial charge is 0.184 e. The topological polar surface area (TPSA) is 15.9 Å². The fourth-order valence-corrected chi connectivity index (χ4v) is 3.00. The maximum Gasteiger partial charge on any atom is 0.184 e. The highest BCUT2D eigenvalue weighted by atomic mass is 32.2. The van der Waals surface area contributed by atoms with E-state index in [4.69, 9.17) is 0 Å². The van der Waals surface area contributed by atoms with E-state index in [2.05, 4.69) is 34.6 Å². The van der Waals surface area contributed by atoms with Crippen molar-refractivity contribution in [2.75, 3.05) is 11.6 Å². The Labute approximate surface area is 80.7 Å². The van der Waals surface area contributed by atoms with Gasteiger partial charge in [0.05, 0.1) is 10.6 Å². The minimum atomic E-state index is 0.488. The number of hydrogen-bond acceptors (Lipinski definition) is 3. The third-order valence-electron chi connectivity index (χ3n) is 1.78. The Balaban J connectivity index is 2.30. The van der Waals surface area contributed by atoms with Gasteiger partial charge in [0.25, 0.3) is 0 Å². The molecule has 1 N–H and O–H groups in total. The minimum absolute atomic E-state index is 0.488. The zero-order valence-electron chi connectivity index (χ0n) is 7.07. The van der Waals surface area contributed by atoms with Gasteiger partial charge in [-0.15, -0.1) is 11.8 Å². The van der Waals surface area contributed by atoms with Crippen molar-refractivity contribution in [3.05, 3.63) is 18.5 Å². The van der Waals surface area contributed by atoms with E-state index in [-0.39, 0.29) is 0 Å². The fourth-order valence-electron chi connectivity index (χ4n) is 1.16. The van der Waals surface area contributed by atoms with Gasteiger partial charge in [-0.05, 0) is 6.26 Å². The first kappa shape index (κ1) is 8.26. The molecule has 0 bridgehead atoms. The first-order valence-corrected chi connectivity index (χ1v) is 5.91. The standard InChI is InChI=1S/C8H10N2S2/c1-10-4-3-6-7(5-10)12-8(9-6)11-2/h3-5,8H,1-2H3/p+1. The van der Waals surface area contributed by atoms with E-state index in [1.54, 1.807) is 0 Å². The number of aromatic nitrogens is 1. The van der Waals surface area contributed by atoms with Crippen LogP contribution in [-0.2, 0) is 7.05 Å². The molecule has 0 radical (unpaired) electrons. The molecule has 2 heterocycles. The molecule has 0 saturated heterocycles. The molecular formula is C8H11N2S2+. The zero-order valence-corrected chi connectivity index (χ0v) is 8.71. The maximum atomic E-state index is 3.42. The summed E-state index contributed by atoms with van der Waals surface area (Å²) in [5.41, 5.74) is 1.26. The van der Waals surface area contributed by atoms with Crippen molar-refractivity contribution in [2.45, 2.75) is 9.60 Å². The summed E-state index contributed by atoms with van der Waals surface area (Å²) >= 11 is 3.72.